The first-order chi connectivity index (χ1) is 11.0. The summed E-state index contributed by atoms with van der Waals surface area (Å²) in [7, 11) is 1.62. The number of nitrogens with two attached hydrogens (primary N) is 1. The number of nitrogens with one attached hydrogen (secondary N) is 1. The van der Waals surface area contributed by atoms with Crippen LogP contribution in [0.5, 0.6) is 5.75 Å². The maximum Gasteiger partial charge on any atom is 0.280 e. The SMILES string of the molecule is COc1ccc([C@H](C)[NH2+]CC(=O)Nc2sccc2C#N)cc1Br. The molecule has 0 aliphatic carbocycles. The van der Waals surface area contributed by atoms with E-state index in [4.69, 9.17) is 10.00 Å². The highest BCUT2D eigenvalue weighted by Crippen LogP contribution is 2.27. The number of nitriles is 1. The van der Waals surface area contributed by atoms with Gasteiger partial charge in [0.15, 0.2) is 6.54 Å². The van der Waals surface area contributed by atoms with Crippen molar-refractivity contribution in [2.45, 2.75) is 13.0 Å². The number of nitrogens with zero attached hydrogens (tertiary/aromatic N) is 1. The predicted octanol–water partition coefficient (Wildman–Crippen LogP) is 2.65. The number of hydrogen-bond acceptors (Lipinski definition) is 4. The Morgan fingerprint density at radius 2 is 2.30 bits per heavy atom. The van der Waals surface area contributed by atoms with Crippen molar-refractivity contribution in [3.63, 3.8) is 0 Å². The number of benzene rings is 1. The van der Waals surface area contributed by atoms with Gasteiger partial charge in [0.2, 0.25) is 0 Å². The van der Waals surface area contributed by atoms with Crippen LogP contribution in [0.15, 0.2) is 34.1 Å². The lowest BCUT2D eigenvalue weighted by Crippen LogP contribution is -2.86. The second kappa shape index (κ2) is 8.11. The minimum absolute atomic E-state index is 0.122. The van der Waals surface area contributed by atoms with E-state index < -0.39 is 0 Å². The molecular formula is C16H17BrN3O2S+. The molecule has 1 amide bonds. The van der Waals surface area contributed by atoms with Gasteiger partial charge in [-0.25, -0.2) is 0 Å². The largest absolute Gasteiger partial charge is 0.496 e. The first-order valence-electron chi connectivity index (χ1n) is 6.99. The maximum absolute atomic E-state index is 12.0. The van der Waals surface area contributed by atoms with Gasteiger partial charge in [-0.1, -0.05) is 0 Å². The molecule has 1 aromatic heterocycles. The lowest BCUT2D eigenvalue weighted by Gasteiger charge is -2.12. The van der Waals surface area contributed by atoms with Crippen LogP contribution in [-0.4, -0.2) is 19.6 Å². The molecule has 23 heavy (non-hydrogen) atoms. The Balaban J connectivity index is 1.91. The Kier molecular flexibility index (Phi) is 6.16. The maximum atomic E-state index is 12.0. The number of hydrogen-bond donors (Lipinski definition) is 2. The average Bonchev–Trinajstić information content (AvgIpc) is 2.99. The molecule has 0 fully saturated rings. The summed E-state index contributed by atoms with van der Waals surface area (Å²) in [5.74, 6) is 0.656. The van der Waals surface area contributed by atoms with Gasteiger partial charge in [0.05, 0.1) is 17.1 Å². The number of ether oxygens (including phenoxy) is 1. The third kappa shape index (κ3) is 4.55. The van der Waals surface area contributed by atoms with Gasteiger partial charge in [0.25, 0.3) is 5.91 Å². The zero-order chi connectivity index (χ0) is 16.8. The van der Waals surface area contributed by atoms with Gasteiger partial charge in [-0.15, -0.1) is 11.3 Å². The van der Waals surface area contributed by atoms with Crippen molar-refractivity contribution in [3.05, 3.63) is 45.2 Å². The lowest BCUT2D eigenvalue weighted by atomic mass is 10.1. The number of carbonyl (C=O) groups excluding carboxylic acids is 1. The molecule has 0 aliphatic rings. The Morgan fingerprint density at radius 3 is 2.96 bits per heavy atom. The number of anilines is 1. The molecule has 1 atom stereocenters. The summed E-state index contributed by atoms with van der Waals surface area (Å²) >= 11 is 4.81. The minimum atomic E-state index is -0.122. The highest BCUT2D eigenvalue weighted by Gasteiger charge is 2.14. The molecule has 0 aliphatic heterocycles. The van der Waals surface area contributed by atoms with E-state index in [2.05, 4.69) is 27.3 Å². The van der Waals surface area contributed by atoms with Gasteiger partial charge >= 0.3 is 0 Å². The fraction of sp³-hybridized carbons (Fsp3) is 0.250. The predicted molar refractivity (Wildman–Crippen MR) is 93.6 cm³/mol. The first kappa shape index (κ1) is 17.5. The van der Waals surface area contributed by atoms with Gasteiger partial charge < -0.3 is 15.4 Å². The molecule has 2 aromatic rings. The molecule has 1 aromatic carbocycles. The monoisotopic (exact) mass is 394 g/mol. The van der Waals surface area contributed by atoms with Crippen molar-refractivity contribution in [2.75, 3.05) is 19.0 Å². The quantitative estimate of drug-likeness (QED) is 0.790. The molecule has 1 heterocycles. The van der Waals surface area contributed by atoms with Crippen LogP contribution >= 0.6 is 27.3 Å². The van der Waals surface area contributed by atoms with Crippen LogP contribution in [0.4, 0.5) is 5.00 Å². The summed E-state index contributed by atoms with van der Waals surface area (Å²) in [6, 6.07) is 9.75. The van der Waals surface area contributed by atoms with Gasteiger partial charge in [0.1, 0.15) is 22.9 Å². The average molecular weight is 395 g/mol. The van der Waals surface area contributed by atoms with Crippen LogP contribution in [0.1, 0.15) is 24.1 Å². The third-order valence-electron chi connectivity index (χ3n) is 3.40. The van der Waals surface area contributed by atoms with Crippen molar-refractivity contribution in [1.29, 1.82) is 5.26 Å². The van der Waals surface area contributed by atoms with E-state index in [0.717, 1.165) is 15.8 Å². The molecule has 0 spiro atoms. The molecule has 0 radical (unpaired) electrons. The van der Waals surface area contributed by atoms with Gasteiger partial charge in [-0.3, -0.25) is 4.79 Å². The van der Waals surface area contributed by atoms with Gasteiger partial charge in [-0.2, -0.15) is 5.26 Å². The van der Waals surface area contributed by atoms with Crippen molar-refractivity contribution < 1.29 is 14.8 Å². The molecule has 2 rings (SSSR count). The van der Waals surface area contributed by atoms with Gasteiger partial charge in [-0.05, 0) is 52.5 Å². The highest BCUT2D eigenvalue weighted by atomic mass is 79.9. The highest BCUT2D eigenvalue weighted by molar-refractivity contribution is 9.10. The number of carbonyl (C=O) groups is 1. The summed E-state index contributed by atoms with van der Waals surface area (Å²) in [6.07, 6.45) is 0. The summed E-state index contributed by atoms with van der Waals surface area (Å²) in [5, 5.41) is 16.1. The Bertz CT molecular complexity index is 739. The summed E-state index contributed by atoms with van der Waals surface area (Å²) in [5.41, 5.74) is 1.59. The van der Waals surface area contributed by atoms with Crippen LogP contribution in [0.3, 0.4) is 0 Å². The minimum Gasteiger partial charge on any atom is -0.496 e. The first-order valence-corrected chi connectivity index (χ1v) is 8.66. The topological polar surface area (TPSA) is 78.7 Å². The lowest BCUT2D eigenvalue weighted by molar-refractivity contribution is -0.682. The molecule has 0 saturated carbocycles. The van der Waals surface area contributed by atoms with Crippen LogP contribution < -0.4 is 15.4 Å². The van der Waals surface area contributed by atoms with E-state index in [0.29, 0.717) is 10.6 Å². The zero-order valence-electron chi connectivity index (χ0n) is 12.8. The second-order valence-electron chi connectivity index (χ2n) is 4.95. The molecule has 0 unspecified atom stereocenters. The van der Waals surface area contributed by atoms with E-state index >= 15 is 0 Å². The van der Waals surface area contributed by atoms with Crippen LogP contribution in [0.25, 0.3) is 0 Å². The fourth-order valence-electron chi connectivity index (χ4n) is 2.06. The van der Waals surface area contributed by atoms with E-state index in [1.807, 2.05) is 30.4 Å². The molecule has 0 saturated heterocycles. The van der Waals surface area contributed by atoms with Crippen molar-refractivity contribution in [3.8, 4) is 11.8 Å². The third-order valence-corrected chi connectivity index (χ3v) is 4.85. The molecule has 0 bridgehead atoms. The standard InChI is InChI=1S/C16H16BrN3O2S/c1-10(11-3-4-14(22-2)13(17)7-11)19-9-15(21)20-16-12(8-18)5-6-23-16/h3-7,10,19H,9H2,1-2H3,(H,20,21)/p+1/t10-/m0/s1. The Hall–Kier alpha value is -1.88. The Morgan fingerprint density at radius 1 is 1.52 bits per heavy atom. The van der Waals surface area contributed by atoms with Crippen molar-refractivity contribution >= 4 is 38.2 Å². The smallest absolute Gasteiger partial charge is 0.280 e. The number of methoxy groups -OCH3 is 1. The Labute approximate surface area is 147 Å². The molecular weight excluding hydrogens is 378 g/mol. The van der Waals surface area contributed by atoms with Gasteiger partial charge in [0, 0.05) is 5.56 Å². The molecule has 5 nitrogen and oxygen atoms in total. The van der Waals surface area contributed by atoms with Crippen molar-refractivity contribution in [1.82, 2.24) is 0 Å². The normalized spacial score (nSPS) is 11.6. The molecule has 7 heteroatoms. The zero-order valence-corrected chi connectivity index (χ0v) is 15.2. The fourth-order valence-corrected chi connectivity index (χ4v) is 3.37. The number of quaternary nitrogens is 1. The van der Waals surface area contributed by atoms with Crippen LogP contribution in [0, 0.1) is 11.3 Å². The van der Waals surface area contributed by atoms with E-state index in [1.54, 1.807) is 18.6 Å². The second-order valence-corrected chi connectivity index (χ2v) is 6.72. The number of thiophene rings is 1. The molecule has 120 valence electrons. The van der Waals surface area contributed by atoms with E-state index in [-0.39, 0.29) is 18.5 Å². The number of halogens is 1. The van der Waals surface area contributed by atoms with Crippen LogP contribution in [-0.2, 0) is 4.79 Å². The summed E-state index contributed by atoms with van der Waals surface area (Å²) < 4.78 is 6.10. The number of rotatable bonds is 6. The summed E-state index contributed by atoms with van der Waals surface area (Å²) in [6.45, 7) is 2.32. The van der Waals surface area contributed by atoms with E-state index in [9.17, 15) is 4.79 Å². The molecule has 3 N–H and O–H groups in total. The van der Waals surface area contributed by atoms with Crippen LogP contribution in [0.2, 0.25) is 0 Å². The number of amides is 1. The van der Waals surface area contributed by atoms with Crippen molar-refractivity contribution in [2.24, 2.45) is 0 Å². The summed E-state index contributed by atoms with van der Waals surface area (Å²) in [4.78, 5) is 12.0. The van der Waals surface area contributed by atoms with E-state index in [1.165, 1.54) is 11.3 Å².